The third-order valence-corrected chi connectivity index (χ3v) is 2.19. The zero-order chi connectivity index (χ0) is 11.3. The Balaban J connectivity index is 2.98. The molecule has 84 valence electrons. The van der Waals surface area contributed by atoms with Crippen molar-refractivity contribution in [2.24, 2.45) is 5.73 Å². The van der Waals surface area contributed by atoms with Crippen LogP contribution in [0.15, 0.2) is 18.2 Å². The van der Waals surface area contributed by atoms with Crippen LogP contribution in [0.5, 0.6) is 5.75 Å². The van der Waals surface area contributed by atoms with Gasteiger partial charge in [0.1, 0.15) is 5.75 Å². The van der Waals surface area contributed by atoms with Gasteiger partial charge in [-0.1, -0.05) is 12.1 Å². The average Bonchev–Trinajstić information content (AvgIpc) is 2.28. The molecular weight excluding hydrogens is 194 g/mol. The van der Waals surface area contributed by atoms with Gasteiger partial charge < -0.3 is 20.3 Å². The van der Waals surface area contributed by atoms with E-state index >= 15 is 0 Å². The van der Waals surface area contributed by atoms with Gasteiger partial charge in [0.15, 0.2) is 0 Å². The standard InChI is InChI=1S/C11H17NO3/c1-14-7-8-3-4-9(10(13)6-12)11(5-8)15-2/h3-5,10,13H,6-7,12H2,1-2H3. The minimum absolute atomic E-state index is 0.181. The van der Waals surface area contributed by atoms with Crippen molar-refractivity contribution >= 4 is 0 Å². The molecule has 0 heterocycles. The van der Waals surface area contributed by atoms with Crippen LogP contribution in [0.1, 0.15) is 17.2 Å². The summed E-state index contributed by atoms with van der Waals surface area (Å²) in [6.07, 6.45) is -0.684. The topological polar surface area (TPSA) is 64.7 Å². The lowest BCUT2D eigenvalue weighted by Crippen LogP contribution is -2.12. The molecule has 0 aliphatic heterocycles. The summed E-state index contributed by atoms with van der Waals surface area (Å²) in [5, 5.41) is 9.63. The average molecular weight is 211 g/mol. The fourth-order valence-corrected chi connectivity index (χ4v) is 1.41. The van der Waals surface area contributed by atoms with E-state index in [-0.39, 0.29) is 6.54 Å². The molecule has 0 aliphatic carbocycles. The Labute approximate surface area is 89.6 Å². The van der Waals surface area contributed by atoms with Gasteiger partial charge in [0, 0.05) is 19.2 Å². The third-order valence-electron chi connectivity index (χ3n) is 2.19. The van der Waals surface area contributed by atoms with E-state index in [4.69, 9.17) is 15.2 Å². The summed E-state index contributed by atoms with van der Waals surface area (Å²) in [6, 6.07) is 5.54. The molecule has 0 saturated heterocycles. The second kappa shape index (κ2) is 5.70. The molecular formula is C11H17NO3. The van der Waals surface area contributed by atoms with Gasteiger partial charge in [0.25, 0.3) is 0 Å². The number of methoxy groups -OCH3 is 2. The summed E-state index contributed by atoms with van der Waals surface area (Å²) in [7, 11) is 3.20. The largest absolute Gasteiger partial charge is 0.496 e. The van der Waals surface area contributed by atoms with Crippen LogP contribution in [-0.4, -0.2) is 25.9 Å². The Morgan fingerprint density at radius 1 is 1.40 bits per heavy atom. The lowest BCUT2D eigenvalue weighted by Gasteiger charge is -2.14. The smallest absolute Gasteiger partial charge is 0.125 e. The first kappa shape index (κ1) is 12.0. The second-order valence-electron chi connectivity index (χ2n) is 3.26. The van der Waals surface area contributed by atoms with Gasteiger partial charge in [-0.05, 0) is 11.6 Å². The van der Waals surface area contributed by atoms with Gasteiger partial charge in [0.2, 0.25) is 0 Å². The van der Waals surface area contributed by atoms with Crippen molar-refractivity contribution in [3.05, 3.63) is 29.3 Å². The highest BCUT2D eigenvalue weighted by Crippen LogP contribution is 2.26. The Kier molecular flexibility index (Phi) is 4.55. The van der Waals surface area contributed by atoms with Crippen molar-refractivity contribution in [3.63, 3.8) is 0 Å². The maximum atomic E-state index is 9.63. The molecule has 4 nitrogen and oxygen atoms in total. The first-order valence-electron chi connectivity index (χ1n) is 4.76. The fourth-order valence-electron chi connectivity index (χ4n) is 1.41. The van der Waals surface area contributed by atoms with Crippen LogP contribution in [0, 0.1) is 0 Å². The van der Waals surface area contributed by atoms with Crippen LogP contribution in [0.25, 0.3) is 0 Å². The number of nitrogens with two attached hydrogens (primary N) is 1. The first-order valence-corrected chi connectivity index (χ1v) is 4.76. The Morgan fingerprint density at radius 3 is 2.67 bits per heavy atom. The quantitative estimate of drug-likeness (QED) is 0.757. The minimum atomic E-state index is -0.684. The molecule has 15 heavy (non-hydrogen) atoms. The molecule has 0 saturated carbocycles. The molecule has 0 radical (unpaired) electrons. The molecule has 4 heteroatoms. The number of rotatable bonds is 5. The Morgan fingerprint density at radius 2 is 2.13 bits per heavy atom. The number of hydrogen-bond acceptors (Lipinski definition) is 4. The van der Waals surface area contributed by atoms with E-state index in [1.807, 2.05) is 18.2 Å². The molecule has 1 aromatic carbocycles. The summed E-state index contributed by atoms with van der Waals surface area (Å²) < 4.78 is 10.2. The minimum Gasteiger partial charge on any atom is -0.496 e. The van der Waals surface area contributed by atoms with Gasteiger partial charge in [-0.3, -0.25) is 0 Å². The number of benzene rings is 1. The maximum absolute atomic E-state index is 9.63. The van der Waals surface area contributed by atoms with E-state index in [0.29, 0.717) is 17.9 Å². The van der Waals surface area contributed by atoms with Gasteiger partial charge in [-0.25, -0.2) is 0 Å². The zero-order valence-corrected chi connectivity index (χ0v) is 9.06. The van der Waals surface area contributed by atoms with Crippen molar-refractivity contribution < 1.29 is 14.6 Å². The monoisotopic (exact) mass is 211 g/mol. The Hall–Kier alpha value is -1.10. The maximum Gasteiger partial charge on any atom is 0.125 e. The molecule has 1 aromatic rings. The second-order valence-corrected chi connectivity index (χ2v) is 3.26. The van der Waals surface area contributed by atoms with Crippen LogP contribution in [-0.2, 0) is 11.3 Å². The van der Waals surface area contributed by atoms with Crippen molar-refractivity contribution in [1.82, 2.24) is 0 Å². The van der Waals surface area contributed by atoms with Crippen LogP contribution >= 0.6 is 0 Å². The van der Waals surface area contributed by atoms with E-state index in [1.54, 1.807) is 14.2 Å². The molecule has 0 fully saturated rings. The predicted octanol–water partition coefficient (Wildman–Crippen LogP) is 0.834. The van der Waals surface area contributed by atoms with E-state index in [1.165, 1.54) is 0 Å². The van der Waals surface area contributed by atoms with Gasteiger partial charge in [-0.2, -0.15) is 0 Å². The SMILES string of the molecule is COCc1ccc(C(O)CN)c(OC)c1. The van der Waals surface area contributed by atoms with Crippen LogP contribution in [0.4, 0.5) is 0 Å². The van der Waals surface area contributed by atoms with E-state index < -0.39 is 6.10 Å². The van der Waals surface area contributed by atoms with Crippen LogP contribution in [0.3, 0.4) is 0 Å². The summed E-state index contributed by atoms with van der Waals surface area (Å²) in [5.41, 5.74) is 7.10. The molecule has 0 bridgehead atoms. The number of aliphatic hydroxyl groups is 1. The summed E-state index contributed by atoms with van der Waals surface area (Å²) in [4.78, 5) is 0. The summed E-state index contributed by atoms with van der Waals surface area (Å²) in [5.74, 6) is 0.641. The van der Waals surface area contributed by atoms with Crippen molar-refractivity contribution in [2.45, 2.75) is 12.7 Å². The molecule has 1 rings (SSSR count). The van der Waals surface area contributed by atoms with E-state index in [0.717, 1.165) is 5.56 Å². The number of hydrogen-bond donors (Lipinski definition) is 2. The lowest BCUT2D eigenvalue weighted by molar-refractivity contribution is 0.179. The summed E-state index contributed by atoms with van der Waals surface area (Å²) in [6.45, 7) is 0.704. The van der Waals surface area contributed by atoms with Crippen molar-refractivity contribution in [3.8, 4) is 5.75 Å². The molecule has 0 amide bonds. The van der Waals surface area contributed by atoms with Crippen molar-refractivity contribution in [1.29, 1.82) is 0 Å². The van der Waals surface area contributed by atoms with E-state index in [9.17, 15) is 5.11 Å². The normalized spacial score (nSPS) is 12.5. The Bertz CT molecular complexity index is 315. The zero-order valence-electron chi connectivity index (χ0n) is 9.06. The first-order chi connectivity index (χ1) is 7.22. The van der Waals surface area contributed by atoms with Crippen molar-refractivity contribution in [2.75, 3.05) is 20.8 Å². The number of aliphatic hydroxyl groups excluding tert-OH is 1. The molecule has 1 unspecified atom stereocenters. The third kappa shape index (κ3) is 2.92. The van der Waals surface area contributed by atoms with Crippen LogP contribution < -0.4 is 10.5 Å². The highest BCUT2D eigenvalue weighted by molar-refractivity contribution is 5.39. The predicted molar refractivity (Wildman–Crippen MR) is 57.7 cm³/mol. The lowest BCUT2D eigenvalue weighted by atomic mass is 10.1. The van der Waals surface area contributed by atoms with Crippen LogP contribution in [0.2, 0.25) is 0 Å². The van der Waals surface area contributed by atoms with Gasteiger partial charge in [0.05, 0.1) is 19.8 Å². The molecule has 0 aromatic heterocycles. The number of ether oxygens (including phenoxy) is 2. The molecule has 0 aliphatic rings. The fraction of sp³-hybridized carbons (Fsp3) is 0.455. The highest BCUT2D eigenvalue weighted by atomic mass is 16.5. The van der Waals surface area contributed by atoms with Gasteiger partial charge >= 0.3 is 0 Å². The molecule has 0 spiro atoms. The summed E-state index contributed by atoms with van der Waals surface area (Å²) >= 11 is 0. The molecule has 1 atom stereocenters. The molecule has 3 N–H and O–H groups in total. The van der Waals surface area contributed by atoms with Gasteiger partial charge in [-0.15, -0.1) is 0 Å². The van der Waals surface area contributed by atoms with E-state index in [2.05, 4.69) is 0 Å². The highest BCUT2D eigenvalue weighted by Gasteiger charge is 2.11.